The molecule has 18 heavy (non-hydrogen) atoms. The minimum absolute atomic E-state index is 0.123. The molecule has 0 amide bonds. The van der Waals surface area contributed by atoms with Crippen LogP contribution in [0.25, 0.3) is 11.1 Å². The van der Waals surface area contributed by atoms with Crippen LogP contribution in [0.1, 0.15) is 15.9 Å². The monoisotopic (exact) mass is 264 g/mol. The van der Waals surface area contributed by atoms with Gasteiger partial charge in [-0.1, -0.05) is 23.7 Å². The van der Waals surface area contributed by atoms with E-state index in [0.29, 0.717) is 21.7 Å². The molecule has 0 heterocycles. The molecular formula is C14H10ClFO2. The van der Waals surface area contributed by atoms with E-state index in [9.17, 15) is 9.18 Å². The Labute approximate surface area is 109 Å². The standard InChI is InChI=1S/C14H10ClFO2/c1-8-10(3-2-4-13(8)16)11-7-9(14(17)18)5-6-12(11)15/h2-7H,1H3,(H,17,18). The average Bonchev–Trinajstić information content (AvgIpc) is 2.33. The molecule has 0 aliphatic heterocycles. The Morgan fingerprint density at radius 3 is 2.61 bits per heavy atom. The fourth-order valence-corrected chi connectivity index (χ4v) is 1.98. The molecular weight excluding hydrogens is 255 g/mol. The maximum atomic E-state index is 13.5. The Kier molecular flexibility index (Phi) is 3.34. The van der Waals surface area contributed by atoms with E-state index in [2.05, 4.69) is 0 Å². The number of carboxylic acid groups (broad SMARTS) is 1. The number of aromatic carboxylic acids is 1. The zero-order valence-electron chi connectivity index (χ0n) is 9.58. The van der Waals surface area contributed by atoms with Crippen molar-refractivity contribution >= 4 is 17.6 Å². The van der Waals surface area contributed by atoms with E-state index >= 15 is 0 Å². The first-order valence-corrected chi connectivity index (χ1v) is 5.67. The van der Waals surface area contributed by atoms with Crippen LogP contribution in [0.4, 0.5) is 4.39 Å². The molecule has 0 spiro atoms. The van der Waals surface area contributed by atoms with E-state index in [1.54, 1.807) is 19.1 Å². The summed E-state index contributed by atoms with van der Waals surface area (Å²) >= 11 is 6.04. The summed E-state index contributed by atoms with van der Waals surface area (Å²) in [6.45, 7) is 1.63. The molecule has 2 aromatic carbocycles. The highest BCUT2D eigenvalue weighted by Crippen LogP contribution is 2.32. The van der Waals surface area contributed by atoms with Crippen LogP contribution < -0.4 is 0 Å². The lowest BCUT2D eigenvalue weighted by Gasteiger charge is -2.09. The van der Waals surface area contributed by atoms with Gasteiger partial charge in [0.05, 0.1) is 5.56 Å². The van der Waals surface area contributed by atoms with Crippen molar-refractivity contribution in [3.63, 3.8) is 0 Å². The molecule has 2 rings (SSSR count). The molecule has 0 aliphatic rings. The highest BCUT2D eigenvalue weighted by atomic mass is 35.5. The van der Waals surface area contributed by atoms with Crippen molar-refractivity contribution in [1.29, 1.82) is 0 Å². The molecule has 0 aliphatic carbocycles. The van der Waals surface area contributed by atoms with Gasteiger partial charge in [-0.25, -0.2) is 9.18 Å². The summed E-state index contributed by atoms with van der Waals surface area (Å²) in [5, 5.41) is 9.35. The molecule has 1 N–H and O–H groups in total. The Morgan fingerprint density at radius 2 is 1.94 bits per heavy atom. The van der Waals surface area contributed by atoms with Crippen molar-refractivity contribution in [1.82, 2.24) is 0 Å². The SMILES string of the molecule is Cc1c(F)cccc1-c1cc(C(=O)O)ccc1Cl. The van der Waals surface area contributed by atoms with Crippen LogP contribution in [0.3, 0.4) is 0 Å². The summed E-state index contributed by atoms with van der Waals surface area (Å²) in [5.41, 5.74) is 1.69. The molecule has 2 aromatic rings. The van der Waals surface area contributed by atoms with Gasteiger partial charge in [0.2, 0.25) is 0 Å². The van der Waals surface area contributed by atoms with E-state index in [1.807, 2.05) is 0 Å². The highest BCUT2D eigenvalue weighted by Gasteiger charge is 2.12. The van der Waals surface area contributed by atoms with Crippen molar-refractivity contribution in [3.8, 4) is 11.1 Å². The van der Waals surface area contributed by atoms with Crippen molar-refractivity contribution in [3.05, 3.63) is 58.4 Å². The van der Waals surface area contributed by atoms with Crippen LogP contribution in [-0.4, -0.2) is 11.1 Å². The molecule has 0 aromatic heterocycles. The van der Waals surface area contributed by atoms with Gasteiger partial charge in [0.25, 0.3) is 0 Å². The Bertz CT molecular complexity index is 623. The number of carbonyl (C=O) groups is 1. The van der Waals surface area contributed by atoms with Gasteiger partial charge < -0.3 is 5.11 Å². The van der Waals surface area contributed by atoms with Crippen LogP contribution in [0.2, 0.25) is 5.02 Å². The van der Waals surface area contributed by atoms with E-state index in [0.717, 1.165) is 0 Å². The Balaban J connectivity index is 2.66. The van der Waals surface area contributed by atoms with E-state index in [4.69, 9.17) is 16.7 Å². The summed E-state index contributed by atoms with van der Waals surface area (Å²) in [4.78, 5) is 10.9. The third-order valence-electron chi connectivity index (χ3n) is 2.77. The molecule has 0 unspecified atom stereocenters. The Morgan fingerprint density at radius 1 is 1.22 bits per heavy atom. The quantitative estimate of drug-likeness (QED) is 0.885. The molecule has 0 fully saturated rings. The first-order valence-electron chi connectivity index (χ1n) is 5.29. The number of hydrogen-bond donors (Lipinski definition) is 1. The second-order valence-corrected chi connectivity index (χ2v) is 4.32. The zero-order chi connectivity index (χ0) is 13.3. The predicted molar refractivity (Wildman–Crippen MR) is 68.5 cm³/mol. The van der Waals surface area contributed by atoms with Gasteiger partial charge in [-0.2, -0.15) is 0 Å². The van der Waals surface area contributed by atoms with Crippen LogP contribution in [-0.2, 0) is 0 Å². The lowest BCUT2D eigenvalue weighted by atomic mass is 9.98. The molecule has 2 nitrogen and oxygen atoms in total. The number of carboxylic acids is 1. The molecule has 0 saturated heterocycles. The minimum Gasteiger partial charge on any atom is -0.478 e. The van der Waals surface area contributed by atoms with Crippen molar-refractivity contribution in [2.24, 2.45) is 0 Å². The van der Waals surface area contributed by atoms with Gasteiger partial charge in [0.1, 0.15) is 5.82 Å². The lowest BCUT2D eigenvalue weighted by molar-refractivity contribution is 0.0697. The third kappa shape index (κ3) is 2.22. The summed E-state index contributed by atoms with van der Waals surface area (Å²) in [5.74, 6) is -1.38. The zero-order valence-corrected chi connectivity index (χ0v) is 10.3. The van der Waals surface area contributed by atoms with Crippen LogP contribution in [0, 0.1) is 12.7 Å². The summed E-state index contributed by atoms with van der Waals surface area (Å²) in [6, 6.07) is 9.01. The smallest absolute Gasteiger partial charge is 0.335 e. The fraction of sp³-hybridized carbons (Fsp3) is 0.0714. The summed E-state index contributed by atoms with van der Waals surface area (Å²) < 4.78 is 13.5. The highest BCUT2D eigenvalue weighted by molar-refractivity contribution is 6.33. The summed E-state index contributed by atoms with van der Waals surface area (Å²) in [7, 11) is 0. The third-order valence-corrected chi connectivity index (χ3v) is 3.10. The minimum atomic E-state index is -1.04. The van der Waals surface area contributed by atoms with Crippen molar-refractivity contribution in [2.45, 2.75) is 6.92 Å². The molecule has 92 valence electrons. The van der Waals surface area contributed by atoms with Gasteiger partial charge in [-0.3, -0.25) is 0 Å². The van der Waals surface area contributed by atoms with Gasteiger partial charge >= 0.3 is 5.97 Å². The molecule has 0 bridgehead atoms. The molecule has 4 heteroatoms. The van der Waals surface area contributed by atoms with E-state index in [-0.39, 0.29) is 11.4 Å². The molecule has 0 radical (unpaired) electrons. The first kappa shape index (κ1) is 12.6. The predicted octanol–water partition coefficient (Wildman–Crippen LogP) is 4.15. The maximum Gasteiger partial charge on any atom is 0.335 e. The van der Waals surface area contributed by atoms with Gasteiger partial charge in [0.15, 0.2) is 0 Å². The first-order chi connectivity index (χ1) is 8.50. The number of benzene rings is 2. The number of rotatable bonds is 2. The topological polar surface area (TPSA) is 37.3 Å². The van der Waals surface area contributed by atoms with Gasteiger partial charge in [0, 0.05) is 10.6 Å². The average molecular weight is 265 g/mol. The number of halogens is 2. The Hall–Kier alpha value is -1.87. The van der Waals surface area contributed by atoms with Crippen molar-refractivity contribution < 1.29 is 14.3 Å². The van der Waals surface area contributed by atoms with E-state index in [1.165, 1.54) is 24.3 Å². The molecule has 0 saturated carbocycles. The maximum absolute atomic E-state index is 13.5. The van der Waals surface area contributed by atoms with Crippen LogP contribution in [0.15, 0.2) is 36.4 Å². The van der Waals surface area contributed by atoms with Crippen molar-refractivity contribution in [2.75, 3.05) is 0 Å². The largest absolute Gasteiger partial charge is 0.478 e. The fourth-order valence-electron chi connectivity index (χ4n) is 1.76. The number of hydrogen-bond acceptors (Lipinski definition) is 1. The van der Waals surface area contributed by atoms with Gasteiger partial charge in [-0.15, -0.1) is 0 Å². The van der Waals surface area contributed by atoms with Gasteiger partial charge in [-0.05, 0) is 42.3 Å². The second-order valence-electron chi connectivity index (χ2n) is 3.91. The van der Waals surface area contributed by atoms with E-state index < -0.39 is 5.97 Å². The second kappa shape index (κ2) is 4.78. The normalized spacial score (nSPS) is 10.4. The van der Waals surface area contributed by atoms with Crippen LogP contribution in [0.5, 0.6) is 0 Å². The molecule has 0 atom stereocenters. The summed E-state index contributed by atoms with van der Waals surface area (Å²) in [6.07, 6.45) is 0. The van der Waals surface area contributed by atoms with Crippen LogP contribution >= 0.6 is 11.6 Å². The lowest BCUT2D eigenvalue weighted by Crippen LogP contribution is -1.97.